The molecular formula is C12H26N2S. The normalized spacial score (nSPS) is 21.8. The Morgan fingerprint density at radius 3 is 2.20 bits per heavy atom. The van der Waals surface area contributed by atoms with Crippen LogP contribution >= 0.6 is 12.6 Å². The van der Waals surface area contributed by atoms with Crippen LogP contribution in [0.15, 0.2) is 0 Å². The van der Waals surface area contributed by atoms with Crippen molar-refractivity contribution in [3.8, 4) is 0 Å². The number of thiol groups is 1. The highest BCUT2D eigenvalue weighted by atomic mass is 32.1. The van der Waals surface area contributed by atoms with Gasteiger partial charge in [0.1, 0.15) is 0 Å². The summed E-state index contributed by atoms with van der Waals surface area (Å²) >= 11 is 4.34. The van der Waals surface area contributed by atoms with Crippen LogP contribution in [-0.2, 0) is 0 Å². The first-order valence-corrected chi connectivity index (χ1v) is 6.60. The van der Waals surface area contributed by atoms with Gasteiger partial charge in [-0.25, -0.2) is 0 Å². The molecule has 0 N–H and O–H groups in total. The SMILES string of the molecule is CC(CS)CN(C)CC1(N(C)C)CCC1. The molecule has 0 bridgehead atoms. The van der Waals surface area contributed by atoms with Crippen LogP contribution in [0.1, 0.15) is 26.2 Å². The summed E-state index contributed by atoms with van der Waals surface area (Å²) in [6.45, 7) is 4.64. The minimum absolute atomic E-state index is 0.463. The van der Waals surface area contributed by atoms with Crippen molar-refractivity contribution >= 4 is 12.6 Å². The van der Waals surface area contributed by atoms with Crippen LogP contribution in [0.5, 0.6) is 0 Å². The fourth-order valence-electron chi connectivity index (χ4n) is 2.49. The number of rotatable bonds is 6. The molecule has 0 saturated heterocycles. The Kier molecular flexibility index (Phi) is 4.94. The summed E-state index contributed by atoms with van der Waals surface area (Å²) in [5.74, 6) is 1.68. The van der Waals surface area contributed by atoms with Crippen molar-refractivity contribution in [2.45, 2.75) is 31.7 Å². The third-order valence-electron chi connectivity index (χ3n) is 3.73. The van der Waals surface area contributed by atoms with E-state index < -0.39 is 0 Å². The van der Waals surface area contributed by atoms with Gasteiger partial charge in [-0.1, -0.05) is 6.92 Å². The second-order valence-electron chi connectivity index (χ2n) is 5.46. The Morgan fingerprint density at radius 1 is 1.27 bits per heavy atom. The molecule has 0 aromatic rings. The molecule has 1 aliphatic carbocycles. The quantitative estimate of drug-likeness (QED) is 0.697. The number of nitrogens with zero attached hydrogens (tertiary/aromatic N) is 2. The van der Waals surface area contributed by atoms with E-state index in [0.717, 1.165) is 5.75 Å². The number of hydrogen-bond acceptors (Lipinski definition) is 3. The van der Waals surface area contributed by atoms with Crippen LogP contribution in [0.3, 0.4) is 0 Å². The molecule has 0 aliphatic heterocycles. The van der Waals surface area contributed by atoms with E-state index in [4.69, 9.17) is 0 Å². The summed E-state index contributed by atoms with van der Waals surface area (Å²) in [5, 5.41) is 0. The molecule has 1 unspecified atom stereocenters. The Hall–Kier alpha value is 0.270. The lowest BCUT2D eigenvalue weighted by molar-refractivity contribution is 0.0254. The Balaban J connectivity index is 2.38. The van der Waals surface area contributed by atoms with Gasteiger partial charge in [0.15, 0.2) is 0 Å². The lowest BCUT2D eigenvalue weighted by atomic mass is 9.75. The molecule has 0 aromatic carbocycles. The predicted molar refractivity (Wildman–Crippen MR) is 70.8 cm³/mol. The zero-order valence-corrected chi connectivity index (χ0v) is 11.6. The van der Waals surface area contributed by atoms with Crippen LogP contribution in [0.25, 0.3) is 0 Å². The van der Waals surface area contributed by atoms with Crippen molar-refractivity contribution in [2.24, 2.45) is 5.92 Å². The van der Waals surface area contributed by atoms with Crippen molar-refractivity contribution in [3.05, 3.63) is 0 Å². The van der Waals surface area contributed by atoms with Crippen molar-refractivity contribution in [2.75, 3.05) is 40.0 Å². The average Bonchev–Trinajstić information content (AvgIpc) is 2.10. The van der Waals surface area contributed by atoms with Crippen LogP contribution in [0.2, 0.25) is 0 Å². The van der Waals surface area contributed by atoms with E-state index in [-0.39, 0.29) is 0 Å². The van der Waals surface area contributed by atoms with E-state index in [9.17, 15) is 0 Å². The second kappa shape index (κ2) is 5.55. The van der Waals surface area contributed by atoms with Gasteiger partial charge in [0, 0.05) is 18.6 Å². The fourth-order valence-corrected chi connectivity index (χ4v) is 2.60. The largest absolute Gasteiger partial charge is 0.304 e. The highest BCUT2D eigenvalue weighted by Gasteiger charge is 2.39. The van der Waals surface area contributed by atoms with Gasteiger partial charge in [0.05, 0.1) is 0 Å². The lowest BCUT2D eigenvalue weighted by Crippen LogP contribution is -2.57. The van der Waals surface area contributed by atoms with E-state index in [0.29, 0.717) is 11.5 Å². The van der Waals surface area contributed by atoms with Gasteiger partial charge in [-0.3, -0.25) is 0 Å². The second-order valence-corrected chi connectivity index (χ2v) is 5.82. The molecule has 90 valence electrons. The standard InChI is InChI=1S/C12H26N2S/c1-11(9-15)8-14(4)10-12(13(2)3)6-5-7-12/h11,15H,5-10H2,1-4H3. The summed E-state index contributed by atoms with van der Waals surface area (Å²) < 4.78 is 0. The van der Waals surface area contributed by atoms with Crippen molar-refractivity contribution < 1.29 is 0 Å². The first kappa shape index (κ1) is 13.3. The molecule has 15 heavy (non-hydrogen) atoms. The zero-order valence-electron chi connectivity index (χ0n) is 10.7. The Labute approximate surface area is 100 Å². The van der Waals surface area contributed by atoms with Gasteiger partial charge in [-0.05, 0) is 52.1 Å². The van der Waals surface area contributed by atoms with E-state index in [1.54, 1.807) is 0 Å². The van der Waals surface area contributed by atoms with Crippen LogP contribution in [-0.4, -0.2) is 55.3 Å². The van der Waals surface area contributed by atoms with Crippen molar-refractivity contribution in [1.29, 1.82) is 0 Å². The van der Waals surface area contributed by atoms with Crippen LogP contribution in [0, 0.1) is 5.92 Å². The molecule has 1 rings (SSSR count). The van der Waals surface area contributed by atoms with Gasteiger partial charge < -0.3 is 9.80 Å². The number of hydrogen-bond donors (Lipinski definition) is 1. The molecule has 0 heterocycles. The molecule has 1 atom stereocenters. The molecule has 3 heteroatoms. The Morgan fingerprint density at radius 2 is 1.87 bits per heavy atom. The fraction of sp³-hybridized carbons (Fsp3) is 1.00. The van der Waals surface area contributed by atoms with E-state index in [1.807, 2.05) is 0 Å². The van der Waals surface area contributed by atoms with Crippen LogP contribution in [0.4, 0.5) is 0 Å². The summed E-state index contributed by atoms with van der Waals surface area (Å²) in [6, 6.07) is 0. The highest BCUT2D eigenvalue weighted by Crippen LogP contribution is 2.36. The van der Waals surface area contributed by atoms with Crippen LogP contribution < -0.4 is 0 Å². The van der Waals surface area contributed by atoms with Gasteiger partial charge >= 0.3 is 0 Å². The molecule has 1 aliphatic rings. The van der Waals surface area contributed by atoms with E-state index in [1.165, 1.54) is 32.4 Å². The molecule has 0 amide bonds. The average molecular weight is 230 g/mol. The minimum atomic E-state index is 0.463. The van der Waals surface area contributed by atoms with Crippen molar-refractivity contribution in [1.82, 2.24) is 9.80 Å². The molecule has 0 radical (unpaired) electrons. The molecule has 1 saturated carbocycles. The molecule has 1 fully saturated rings. The van der Waals surface area contributed by atoms with E-state index >= 15 is 0 Å². The minimum Gasteiger partial charge on any atom is -0.304 e. The van der Waals surface area contributed by atoms with Gasteiger partial charge in [0.25, 0.3) is 0 Å². The summed E-state index contributed by atoms with van der Waals surface area (Å²) in [6.07, 6.45) is 4.12. The lowest BCUT2D eigenvalue weighted by Gasteiger charge is -2.49. The van der Waals surface area contributed by atoms with Gasteiger partial charge in [-0.15, -0.1) is 0 Å². The summed E-state index contributed by atoms with van der Waals surface area (Å²) in [4.78, 5) is 4.89. The maximum absolute atomic E-state index is 4.34. The maximum atomic E-state index is 4.34. The third-order valence-corrected chi connectivity index (χ3v) is 4.36. The highest BCUT2D eigenvalue weighted by molar-refractivity contribution is 7.80. The molecule has 2 nitrogen and oxygen atoms in total. The zero-order chi connectivity index (χ0) is 11.5. The monoisotopic (exact) mass is 230 g/mol. The molecular weight excluding hydrogens is 204 g/mol. The molecule has 0 spiro atoms. The smallest absolute Gasteiger partial charge is 0.0330 e. The first-order chi connectivity index (χ1) is 7.00. The van der Waals surface area contributed by atoms with E-state index in [2.05, 4.69) is 50.5 Å². The Bertz CT molecular complexity index is 190. The number of likely N-dealkylation sites (N-methyl/N-ethyl adjacent to an activating group) is 2. The first-order valence-electron chi connectivity index (χ1n) is 5.97. The maximum Gasteiger partial charge on any atom is 0.0330 e. The van der Waals surface area contributed by atoms with Crippen molar-refractivity contribution in [3.63, 3.8) is 0 Å². The topological polar surface area (TPSA) is 6.48 Å². The summed E-state index contributed by atoms with van der Waals surface area (Å²) in [5.41, 5.74) is 0.463. The predicted octanol–water partition coefficient (Wildman–Crippen LogP) is 1.97. The van der Waals surface area contributed by atoms with Gasteiger partial charge in [0.2, 0.25) is 0 Å². The molecule has 0 aromatic heterocycles. The summed E-state index contributed by atoms with van der Waals surface area (Å²) in [7, 11) is 6.67. The third kappa shape index (κ3) is 3.36. The van der Waals surface area contributed by atoms with Gasteiger partial charge in [-0.2, -0.15) is 12.6 Å².